The molecule has 4 heteroatoms. The molecule has 1 heterocycles. The topological polar surface area (TPSA) is 59.0 Å². The van der Waals surface area contributed by atoms with E-state index in [9.17, 15) is 0 Å². The summed E-state index contributed by atoms with van der Waals surface area (Å²) in [6, 6.07) is 7.21. The molecule has 0 saturated carbocycles. The quantitative estimate of drug-likeness (QED) is 0.724. The van der Waals surface area contributed by atoms with Gasteiger partial charge in [0.2, 0.25) is 0 Å². The number of benzene rings is 1. The van der Waals surface area contributed by atoms with Crippen molar-refractivity contribution in [2.24, 2.45) is 0 Å². The van der Waals surface area contributed by atoms with Gasteiger partial charge < -0.3 is 9.15 Å². The van der Waals surface area contributed by atoms with Gasteiger partial charge in [-0.15, -0.1) is 0 Å². The molecule has 0 fully saturated rings. The van der Waals surface area contributed by atoms with Gasteiger partial charge in [-0.25, -0.2) is 0 Å². The van der Waals surface area contributed by atoms with E-state index in [0.717, 1.165) is 0 Å². The van der Waals surface area contributed by atoms with E-state index in [1.54, 1.807) is 18.2 Å². The van der Waals surface area contributed by atoms with E-state index in [1.165, 1.54) is 0 Å². The third kappa shape index (κ3) is 1.29. The minimum atomic E-state index is 0.0622. The highest BCUT2D eigenvalue weighted by Gasteiger charge is 2.09. The van der Waals surface area contributed by atoms with Crippen LogP contribution in [-0.2, 0) is 0 Å². The summed E-state index contributed by atoms with van der Waals surface area (Å²) in [5, 5.41) is 8.61. The first-order valence-corrected chi connectivity index (χ1v) is 4.27. The van der Waals surface area contributed by atoms with E-state index in [1.807, 2.05) is 13.0 Å². The van der Waals surface area contributed by atoms with Crippen LogP contribution in [0.1, 0.15) is 12.8 Å². The molecule has 0 atom stereocenters. The summed E-state index contributed by atoms with van der Waals surface area (Å²) in [7, 11) is 0. The van der Waals surface area contributed by atoms with E-state index in [4.69, 9.17) is 14.4 Å². The van der Waals surface area contributed by atoms with E-state index in [2.05, 4.69) is 4.98 Å². The zero-order chi connectivity index (χ0) is 9.97. The number of aromatic nitrogens is 1. The highest BCUT2D eigenvalue weighted by Crippen LogP contribution is 2.25. The fourth-order valence-corrected chi connectivity index (χ4v) is 1.24. The van der Waals surface area contributed by atoms with Gasteiger partial charge in [0.1, 0.15) is 5.75 Å². The standard InChI is InChI=1S/C10H8N2O2/c1-2-13-7-4-3-5-8-10(7)12-9(6-11)14-8/h3-5H,2H2,1H3. The number of hydrogen-bond acceptors (Lipinski definition) is 4. The van der Waals surface area contributed by atoms with E-state index in [0.29, 0.717) is 23.5 Å². The highest BCUT2D eigenvalue weighted by molar-refractivity contribution is 5.80. The molecule has 0 unspecified atom stereocenters. The first-order valence-electron chi connectivity index (χ1n) is 4.27. The molecule has 0 aliphatic heterocycles. The van der Waals surface area contributed by atoms with Crippen molar-refractivity contribution in [1.82, 2.24) is 4.98 Å². The van der Waals surface area contributed by atoms with Gasteiger partial charge in [-0.1, -0.05) is 6.07 Å². The van der Waals surface area contributed by atoms with Gasteiger partial charge in [-0.05, 0) is 19.1 Å². The molecule has 70 valence electrons. The summed E-state index contributed by atoms with van der Waals surface area (Å²) in [5.74, 6) is 0.711. The number of nitriles is 1. The van der Waals surface area contributed by atoms with Crippen molar-refractivity contribution < 1.29 is 9.15 Å². The summed E-state index contributed by atoms with van der Waals surface area (Å²) in [6.07, 6.45) is 0. The second-order valence-corrected chi connectivity index (χ2v) is 2.67. The van der Waals surface area contributed by atoms with Gasteiger partial charge in [0.25, 0.3) is 0 Å². The van der Waals surface area contributed by atoms with Gasteiger partial charge in [0.15, 0.2) is 17.2 Å². The minimum Gasteiger partial charge on any atom is -0.491 e. The number of oxazole rings is 1. The molecular weight excluding hydrogens is 180 g/mol. The molecule has 1 aromatic carbocycles. The van der Waals surface area contributed by atoms with Crippen molar-refractivity contribution in [1.29, 1.82) is 5.26 Å². The molecule has 14 heavy (non-hydrogen) atoms. The Kier molecular flexibility index (Phi) is 2.07. The molecule has 0 saturated heterocycles. The van der Waals surface area contributed by atoms with Crippen molar-refractivity contribution in [3.05, 3.63) is 24.1 Å². The molecule has 0 radical (unpaired) electrons. The van der Waals surface area contributed by atoms with Crippen molar-refractivity contribution in [2.45, 2.75) is 6.92 Å². The van der Waals surface area contributed by atoms with Crippen molar-refractivity contribution in [3.8, 4) is 11.8 Å². The first kappa shape index (κ1) is 8.57. The summed E-state index contributed by atoms with van der Waals surface area (Å²) < 4.78 is 10.5. The lowest BCUT2D eigenvalue weighted by Gasteiger charge is -2.00. The Bertz CT molecular complexity index is 496. The van der Waals surface area contributed by atoms with Crippen molar-refractivity contribution in [2.75, 3.05) is 6.61 Å². The zero-order valence-electron chi connectivity index (χ0n) is 7.65. The Morgan fingerprint density at radius 3 is 3.14 bits per heavy atom. The van der Waals surface area contributed by atoms with Crippen LogP contribution in [0.25, 0.3) is 11.1 Å². The average molecular weight is 188 g/mol. The maximum Gasteiger partial charge on any atom is 0.301 e. The van der Waals surface area contributed by atoms with Crippen LogP contribution in [0.3, 0.4) is 0 Å². The number of rotatable bonds is 2. The smallest absolute Gasteiger partial charge is 0.301 e. The van der Waals surface area contributed by atoms with Crippen molar-refractivity contribution in [3.63, 3.8) is 0 Å². The minimum absolute atomic E-state index is 0.0622. The summed E-state index contributed by atoms with van der Waals surface area (Å²) in [6.45, 7) is 2.46. The van der Waals surface area contributed by atoms with Crippen LogP contribution >= 0.6 is 0 Å². The molecule has 0 aliphatic carbocycles. The molecule has 2 aromatic rings. The SMILES string of the molecule is CCOc1cccc2oc(C#N)nc12. The predicted octanol–water partition coefficient (Wildman–Crippen LogP) is 2.10. The summed E-state index contributed by atoms with van der Waals surface area (Å²) in [4.78, 5) is 4.00. The number of para-hydroxylation sites is 1. The third-order valence-corrected chi connectivity index (χ3v) is 1.78. The van der Waals surface area contributed by atoms with Gasteiger partial charge >= 0.3 is 5.89 Å². The second-order valence-electron chi connectivity index (χ2n) is 2.67. The molecule has 0 spiro atoms. The van der Waals surface area contributed by atoms with Crippen LogP contribution in [0.15, 0.2) is 22.6 Å². The molecule has 0 aliphatic rings. The third-order valence-electron chi connectivity index (χ3n) is 1.78. The summed E-state index contributed by atoms with van der Waals surface area (Å²) >= 11 is 0. The maximum atomic E-state index is 8.61. The lowest BCUT2D eigenvalue weighted by Crippen LogP contribution is -1.91. The lowest BCUT2D eigenvalue weighted by atomic mass is 10.3. The van der Waals surface area contributed by atoms with Crippen LogP contribution in [0, 0.1) is 11.3 Å². The predicted molar refractivity (Wildman–Crippen MR) is 49.9 cm³/mol. The normalized spacial score (nSPS) is 10.0. The first-order chi connectivity index (χ1) is 6.85. The zero-order valence-corrected chi connectivity index (χ0v) is 7.65. The molecule has 0 N–H and O–H groups in total. The van der Waals surface area contributed by atoms with Crippen LogP contribution in [-0.4, -0.2) is 11.6 Å². The fourth-order valence-electron chi connectivity index (χ4n) is 1.24. The monoisotopic (exact) mass is 188 g/mol. The fraction of sp³-hybridized carbons (Fsp3) is 0.200. The van der Waals surface area contributed by atoms with Crippen LogP contribution in [0.2, 0.25) is 0 Å². The Morgan fingerprint density at radius 2 is 2.43 bits per heavy atom. The van der Waals surface area contributed by atoms with Gasteiger partial charge in [0, 0.05) is 0 Å². The molecule has 4 nitrogen and oxygen atoms in total. The van der Waals surface area contributed by atoms with Crippen LogP contribution < -0.4 is 4.74 Å². The number of hydrogen-bond donors (Lipinski definition) is 0. The van der Waals surface area contributed by atoms with Gasteiger partial charge in [-0.2, -0.15) is 10.2 Å². The molecule has 0 bridgehead atoms. The Balaban J connectivity index is 2.62. The van der Waals surface area contributed by atoms with E-state index < -0.39 is 0 Å². The Hall–Kier alpha value is -2.02. The number of fused-ring (bicyclic) bond motifs is 1. The summed E-state index contributed by atoms with van der Waals surface area (Å²) in [5.41, 5.74) is 1.18. The molecule has 1 aromatic heterocycles. The lowest BCUT2D eigenvalue weighted by molar-refractivity contribution is 0.343. The molecule has 0 amide bonds. The largest absolute Gasteiger partial charge is 0.491 e. The average Bonchev–Trinajstić information content (AvgIpc) is 2.62. The van der Waals surface area contributed by atoms with Crippen LogP contribution in [0.5, 0.6) is 5.75 Å². The van der Waals surface area contributed by atoms with E-state index >= 15 is 0 Å². The molecule has 2 rings (SSSR count). The number of ether oxygens (including phenoxy) is 1. The Labute approximate surface area is 80.7 Å². The van der Waals surface area contributed by atoms with Crippen LogP contribution in [0.4, 0.5) is 0 Å². The van der Waals surface area contributed by atoms with Gasteiger partial charge in [0.05, 0.1) is 6.61 Å². The van der Waals surface area contributed by atoms with Crippen molar-refractivity contribution >= 4 is 11.1 Å². The highest BCUT2D eigenvalue weighted by atomic mass is 16.5. The maximum absolute atomic E-state index is 8.61. The Morgan fingerprint density at radius 1 is 1.57 bits per heavy atom. The van der Waals surface area contributed by atoms with Gasteiger partial charge in [-0.3, -0.25) is 0 Å². The second kappa shape index (κ2) is 3.38. The number of nitrogens with zero attached hydrogens (tertiary/aromatic N) is 2. The van der Waals surface area contributed by atoms with E-state index in [-0.39, 0.29) is 5.89 Å². The molecular formula is C10H8N2O2.